The van der Waals surface area contributed by atoms with Gasteiger partial charge in [0.25, 0.3) is 11.6 Å². The molecular formula is C12H16N2O6. The molecule has 8 nitrogen and oxygen atoms in total. The summed E-state index contributed by atoms with van der Waals surface area (Å²) < 4.78 is 0. The summed E-state index contributed by atoms with van der Waals surface area (Å²) in [7, 11) is 0. The van der Waals surface area contributed by atoms with E-state index in [0.29, 0.717) is 19.0 Å². The van der Waals surface area contributed by atoms with Crippen LogP contribution in [-0.2, 0) is 29.1 Å². The first-order valence-electron chi connectivity index (χ1n) is 6.25. The molecule has 0 saturated heterocycles. The number of Topliss-reactive ketones (excluding diaryl/α,β-unsaturated/α-hetero) is 3. The zero-order valence-corrected chi connectivity index (χ0v) is 10.8. The van der Waals surface area contributed by atoms with Crippen LogP contribution in [0.1, 0.15) is 32.1 Å². The number of allylic oxidation sites excluding steroid dienone is 1. The van der Waals surface area contributed by atoms with Crippen LogP contribution >= 0.6 is 0 Å². The summed E-state index contributed by atoms with van der Waals surface area (Å²) in [6, 6.07) is 0. The average molecular weight is 284 g/mol. The van der Waals surface area contributed by atoms with Gasteiger partial charge in [0.2, 0.25) is 11.6 Å². The molecule has 0 unspecified atom stereocenters. The van der Waals surface area contributed by atoms with E-state index < -0.39 is 23.1 Å². The van der Waals surface area contributed by atoms with E-state index in [4.69, 9.17) is 0 Å². The number of rotatable bonds is 0. The fourth-order valence-electron chi connectivity index (χ4n) is 1.50. The molecule has 1 aliphatic heterocycles. The summed E-state index contributed by atoms with van der Waals surface area (Å²) >= 11 is 0. The summed E-state index contributed by atoms with van der Waals surface area (Å²) in [5, 5.41) is 0. The summed E-state index contributed by atoms with van der Waals surface area (Å²) in [6.07, 6.45) is 4.43. The van der Waals surface area contributed by atoms with Gasteiger partial charge in [0, 0.05) is 19.0 Å². The first-order chi connectivity index (χ1) is 9.63. The maximum Gasteiger partial charge on any atom is 0.276 e. The Balaban J connectivity index is 2.60. The minimum atomic E-state index is -1.37. The first kappa shape index (κ1) is 16.2. The van der Waals surface area contributed by atoms with Crippen LogP contribution in [0.3, 0.4) is 0 Å². The van der Waals surface area contributed by atoms with E-state index in [9.17, 15) is 19.2 Å². The molecule has 1 heterocycles. The van der Waals surface area contributed by atoms with E-state index in [2.05, 4.69) is 20.9 Å². The molecular weight excluding hydrogens is 268 g/mol. The van der Waals surface area contributed by atoms with E-state index >= 15 is 0 Å². The van der Waals surface area contributed by atoms with Gasteiger partial charge in [-0.05, 0) is 12.8 Å². The summed E-state index contributed by atoms with van der Waals surface area (Å²) in [5.74, 6) is -4.62. The molecule has 0 spiro atoms. The van der Waals surface area contributed by atoms with E-state index in [1.807, 2.05) is 0 Å². The Morgan fingerprint density at radius 2 is 1.70 bits per heavy atom. The van der Waals surface area contributed by atoms with Crippen LogP contribution in [0.4, 0.5) is 0 Å². The highest BCUT2D eigenvalue weighted by Crippen LogP contribution is 2.04. The molecule has 1 rings (SSSR count). The smallest absolute Gasteiger partial charge is 0.276 e. The van der Waals surface area contributed by atoms with Crippen LogP contribution in [0, 0.1) is 0 Å². The average Bonchev–Trinajstić information content (AvgIpc) is 2.45. The van der Waals surface area contributed by atoms with Gasteiger partial charge >= 0.3 is 0 Å². The third-order valence-electron chi connectivity index (χ3n) is 2.58. The molecule has 0 saturated carbocycles. The Labute approximate surface area is 115 Å². The topological polar surface area (TPSA) is 111 Å². The van der Waals surface area contributed by atoms with Crippen molar-refractivity contribution in [1.82, 2.24) is 11.0 Å². The monoisotopic (exact) mass is 284 g/mol. The zero-order chi connectivity index (χ0) is 14.8. The molecule has 0 bridgehead atoms. The summed E-state index contributed by atoms with van der Waals surface area (Å²) in [4.78, 5) is 54.3. The normalized spacial score (nSPS) is 20.8. The number of carbonyl (C=O) groups excluding carboxylic acids is 4. The van der Waals surface area contributed by atoms with Crippen LogP contribution in [0.15, 0.2) is 12.3 Å². The van der Waals surface area contributed by atoms with Crippen LogP contribution in [0.2, 0.25) is 0 Å². The maximum absolute atomic E-state index is 11.4. The number of ketones is 4. The van der Waals surface area contributed by atoms with Crippen molar-refractivity contribution in [2.24, 2.45) is 0 Å². The van der Waals surface area contributed by atoms with E-state index in [1.54, 1.807) is 0 Å². The summed E-state index contributed by atoms with van der Waals surface area (Å²) in [6.45, 7) is 0.622. The van der Waals surface area contributed by atoms with Gasteiger partial charge in [-0.2, -0.15) is 0 Å². The van der Waals surface area contributed by atoms with E-state index in [1.165, 1.54) is 0 Å². The van der Waals surface area contributed by atoms with Gasteiger partial charge in [-0.1, -0.05) is 23.4 Å². The largest absolute Gasteiger partial charge is 0.326 e. The molecule has 0 amide bonds. The van der Waals surface area contributed by atoms with Gasteiger partial charge in [0.1, 0.15) is 6.26 Å². The standard InChI is InChI=1S/C12H16N2O6/c15-9-5-3-1-2-4-7-13-14-20-19-8-6-10(16)12(18)11(9)17/h6,8,13-14H,1-5,7H2. The van der Waals surface area contributed by atoms with Crippen molar-refractivity contribution < 1.29 is 29.1 Å². The Hall–Kier alpha value is -1.90. The lowest BCUT2D eigenvalue weighted by molar-refractivity contribution is -0.306. The lowest BCUT2D eigenvalue weighted by Gasteiger charge is -2.05. The fraction of sp³-hybridized carbons (Fsp3) is 0.500. The van der Waals surface area contributed by atoms with Crippen LogP contribution in [-0.4, -0.2) is 29.7 Å². The highest BCUT2D eigenvalue weighted by atomic mass is 17.3. The Bertz CT molecular complexity index is 418. The molecule has 0 aliphatic carbocycles. The molecule has 110 valence electrons. The number of hydrogen-bond acceptors (Lipinski definition) is 8. The molecule has 1 aliphatic rings. The van der Waals surface area contributed by atoms with Crippen molar-refractivity contribution in [2.75, 3.05) is 6.54 Å². The number of nitrogens with one attached hydrogen (secondary N) is 2. The zero-order valence-electron chi connectivity index (χ0n) is 10.8. The first-order valence-corrected chi connectivity index (χ1v) is 6.25. The maximum atomic E-state index is 11.4. The number of hydrogen-bond donors (Lipinski definition) is 2. The molecule has 0 radical (unpaired) electrons. The predicted octanol–water partition coefficient (Wildman–Crippen LogP) is -0.302. The number of hydrazine groups is 1. The molecule has 8 heteroatoms. The van der Waals surface area contributed by atoms with Gasteiger partial charge in [-0.3, -0.25) is 19.2 Å². The van der Waals surface area contributed by atoms with Crippen molar-refractivity contribution in [2.45, 2.75) is 32.1 Å². The Morgan fingerprint density at radius 1 is 0.950 bits per heavy atom. The molecule has 20 heavy (non-hydrogen) atoms. The van der Waals surface area contributed by atoms with Gasteiger partial charge in [-0.25, -0.2) is 5.43 Å². The van der Waals surface area contributed by atoms with Crippen LogP contribution < -0.4 is 11.0 Å². The second kappa shape index (κ2) is 9.08. The Kier molecular flexibility index (Phi) is 7.33. The molecule has 2 N–H and O–H groups in total. The SMILES string of the molecule is O=C1C=COONNCCCCCCC(=O)C(=O)C1=O. The highest BCUT2D eigenvalue weighted by Gasteiger charge is 2.26. The van der Waals surface area contributed by atoms with Crippen molar-refractivity contribution in [1.29, 1.82) is 0 Å². The molecule has 0 aromatic heterocycles. The van der Waals surface area contributed by atoms with Crippen LogP contribution in [0.25, 0.3) is 0 Å². The van der Waals surface area contributed by atoms with Gasteiger partial charge in [0.15, 0.2) is 0 Å². The second-order valence-corrected chi connectivity index (χ2v) is 4.12. The van der Waals surface area contributed by atoms with Crippen molar-refractivity contribution in [3.05, 3.63) is 12.3 Å². The van der Waals surface area contributed by atoms with Gasteiger partial charge in [0.05, 0.1) is 0 Å². The molecule has 0 atom stereocenters. The lowest BCUT2D eigenvalue weighted by atomic mass is 10.0. The summed E-state index contributed by atoms with van der Waals surface area (Å²) in [5.41, 5.74) is 4.97. The minimum absolute atomic E-state index is 0.0210. The Morgan fingerprint density at radius 3 is 2.50 bits per heavy atom. The third kappa shape index (κ3) is 5.83. The van der Waals surface area contributed by atoms with Gasteiger partial charge < -0.3 is 4.89 Å². The molecule has 0 fully saturated rings. The quantitative estimate of drug-likeness (QED) is 0.460. The third-order valence-corrected chi connectivity index (χ3v) is 2.58. The van der Waals surface area contributed by atoms with Crippen molar-refractivity contribution in [3.8, 4) is 0 Å². The lowest BCUT2D eigenvalue weighted by Crippen LogP contribution is -2.32. The van der Waals surface area contributed by atoms with Crippen molar-refractivity contribution >= 4 is 23.1 Å². The predicted molar refractivity (Wildman–Crippen MR) is 65.6 cm³/mol. The second-order valence-electron chi connectivity index (χ2n) is 4.12. The van der Waals surface area contributed by atoms with Crippen molar-refractivity contribution in [3.63, 3.8) is 0 Å². The minimum Gasteiger partial charge on any atom is -0.326 e. The molecule has 0 aromatic carbocycles. The van der Waals surface area contributed by atoms with Crippen LogP contribution in [0.5, 0.6) is 0 Å². The highest BCUT2D eigenvalue weighted by molar-refractivity contribution is 6.79. The molecule has 0 aromatic rings. The number of carbonyl (C=O) groups is 4. The fourth-order valence-corrected chi connectivity index (χ4v) is 1.50. The van der Waals surface area contributed by atoms with E-state index in [0.717, 1.165) is 25.5 Å². The van der Waals surface area contributed by atoms with E-state index in [-0.39, 0.29) is 6.42 Å². The van der Waals surface area contributed by atoms with Gasteiger partial charge in [-0.15, -0.1) is 0 Å².